The fourth-order valence-corrected chi connectivity index (χ4v) is 6.57. The number of imidazole rings is 1. The van der Waals surface area contributed by atoms with Crippen LogP contribution >= 0.6 is 7.29 Å². The Balaban J connectivity index is 1.48. The van der Waals surface area contributed by atoms with Gasteiger partial charge in [-0.3, -0.25) is 9.88 Å². The number of hydrogen-bond acceptors (Lipinski definition) is 10. The van der Waals surface area contributed by atoms with Gasteiger partial charge in [-0.15, -0.1) is 0 Å². The van der Waals surface area contributed by atoms with Gasteiger partial charge in [-0.2, -0.15) is 0 Å². The second-order valence-corrected chi connectivity index (χ2v) is 13.1. The second kappa shape index (κ2) is 12.3. The highest BCUT2D eigenvalue weighted by Gasteiger charge is 2.34. The number of nitrogen functional groups attached to an aromatic ring is 1. The fraction of sp³-hybridized carbons (Fsp3) is 0.538. The van der Waals surface area contributed by atoms with Crippen molar-refractivity contribution >= 4 is 30.2 Å². The average molecular weight is 561 g/mol. The molecular weight excluding hydrogens is 523 g/mol. The van der Waals surface area contributed by atoms with Gasteiger partial charge in [0.2, 0.25) is 6.79 Å². The molecule has 1 unspecified atom stereocenters. The smallest absolute Gasteiger partial charge is 0.324 e. The first-order valence-electron chi connectivity index (χ1n) is 13.0. The first kappa shape index (κ1) is 28.8. The third kappa shape index (κ3) is 7.26. The zero-order valence-electron chi connectivity index (χ0n) is 23.0. The highest BCUT2D eigenvalue weighted by Crippen LogP contribution is 2.44. The lowest BCUT2D eigenvalue weighted by Crippen LogP contribution is -2.42. The molecule has 0 aliphatic carbocycles. The number of rotatable bonds is 13. The molecule has 1 aliphatic heterocycles. The lowest BCUT2D eigenvalue weighted by molar-refractivity contribution is -0.150. The van der Waals surface area contributed by atoms with Crippen molar-refractivity contribution in [1.29, 1.82) is 0 Å². The topological polar surface area (TPSA) is 153 Å². The predicted molar refractivity (Wildman–Crippen MR) is 147 cm³/mol. The zero-order valence-corrected chi connectivity index (χ0v) is 23.9. The third-order valence-electron chi connectivity index (χ3n) is 6.30. The standard InChI is InChI=1S/C26H37N6O6P/c1-16(2)22(26(33)38-17(3)4)31-39(34,9-8-19-6-7-20-21(10-19)36-14-35-20)15-37-18(5)11-32-13-30-23-24(27)28-12-29-25(23)32/h6-7,10,12-13,16-18,22H,8-9,11,14-15H2,1-5H3,(H,31,34)(H2,27,28,29)/t18-,22-,39?/m1/s1. The average Bonchev–Trinajstić information content (AvgIpc) is 3.52. The SMILES string of the molecule is CC(C)OC(=O)[C@H](NP(=O)(CCc1ccc2c(c1)OCO2)CO[C@H](C)Cn1cnc2c(N)ncnc21)C(C)C. The van der Waals surface area contributed by atoms with Gasteiger partial charge in [-0.05, 0) is 50.8 Å². The molecule has 4 rings (SSSR count). The minimum absolute atomic E-state index is 0.0688. The Morgan fingerprint density at radius 2 is 1.92 bits per heavy atom. The predicted octanol–water partition coefficient (Wildman–Crippen LogP) is 3.59. The van der Waals surface area contributed by atoms with Gasteiger partial charge in [0, 0.05) is 6.16 Å². The van der Waals surface area contributed by atoms with E-state index in [1.54, 1.807) is 20.2 Å². The molecule has 0 amide bonds. The van der Waals surface area contributed by atoms with Crippen LogP contribution in [0.25, 0.3) is 11.2 Å². The molecule has 2 aromatic heterocycles. The molecule has 0 saturated carbocycles. The van der Waals surface area contributed by atoms with E-state index in [1.807, 2.05) is 43.5 Å². The summed E-state index contributed by atoms with van der Waals surface area (Å²) >= 11 is 0. The molecule has 3 aromatic rings. The Kier molecular flexibility index (Phi) is 9.09. The number of ether oxygens (including phenoxy) is 4. The van der Waals surface area contributed by atoms with E-state index < -0.39 is 19.3 Å². The largest absolute Gasteiger partial charge is 0.462 e. The Morgan fingerprint density at radius 1 is 1.15 bits per heavy atom. The lowest BCUT2D eigenvalue weighted by atomic mass is 10.1. The maximum atomic E-state index is 14.3. The summed E-state index contributed by atoms with van der Waals surface area (Å²) < 4.78 is 38.6. The van der Waals surface area contributed by atoms with E-state index in [1.165, 1.54) is 6.33 Å². The number of carbonyl (C=O) groups excluding carboxylic acids is 1. The molecule has 0 saturated heterocycles. The van der Waals surface area contributed by atoms with Crippen LogP contribution in [0.3, 0.4) is 0 Å². The highest BCUT2D eigenvalue weighted by atomic mass is 31.2. The number of esters is 1. The van der Waals surface area contributed by atoms with Gasteiger partial charge >= 0.3 is 5.97 Å². The van der Waals surface area contributed by atoms with Crippen molar-refractivity contribution in [2.45, 2.75) is 65.8 Å². The van der Waals surface area contributed by atoms with Crippen molar-refractivity contribution in [2.24, 2.45) is 5.92 Å². The van der Waals surface area contributed by atoms with Crippen LogP contribution in [0.5, 0.6) is 11.5 Å². The highest BCUT2D eigenvalue weighted by molar-refractivity contribution is 7.61. The number of aromatic nitrogens is 4. The molecule has 3 heterocycles. The van der Waals surface area contributed by atoms with Crippen molar-refractivity contribution < 1.29 is 28.3 Å². The van der Waals surface area contributed by atoms with Crippen LogP contribution in [-0.2, 0) is 31.8 Å². The molecule has 12 nitrogen and oxygen atoms in total. The van der Waals surface area contributed by atoms with Crippen LogP contribution in [0.1, 0.15) is 40.2 Å². The van der Waals surface area contributed by atoms with E-state index in [-0.39, 0.29) is 37.4 Å². The Morgan fingerprint density at radius 3 is 2.67 bits per heavy atom. The van der Waals surface area contributed by atoms with Gasteiger partial charge in [0.15, 0.2) is 30.3 Å². The van der Waals surface area contributed by atoms with E-state index in [2.05, 4.69) is 20.0 Å². The summed E-state index contributed by atoms with van der Waals surface area (Å²) in [6.07, 6.45) is 3.09. The number of nitrogens with one attached hydrogen (secondary N) is 1. The molecule has 3 atom stereocenters. The zero-order chi connectivity index (χ0) is 28.2. The minimum atomic E-state index is -3.23. The van der Waals surface area contributed by atoms with Crippen LogP contribution in [-0.4, -0.2) is 63.0 Å². The van der Waals surface area contributed by atoms with E-state index in [9.17, 15) is 9.36 Å². The van der Waals surface area contributed by atoms with Crippen molar-refractivity contribution in [3.8, 4) is 11.5 Å². The fourth-order valence-electron chi connectivity index (χ4n) is 4.22. The van der Waals surface area contributed by atoms with Gasteiger partial charge in [0.25, 0.3) is 0 Å². The van der Waals surface area contributed by atoms with Crippen LogP contribution in [0.15, 0.2) is 30.9 Å². The number of anilines is 1. The van der Waals surface area contributed by atoms with E-state index >= 15 is 0 Å². The summed E-state index contributed by atoms with van der Waals surface area (Å²) in [7, 11) is -3.23. The molecular formula is C26H37N6O6P. The second-order valence-electron chi connectivity index (χ2n) is 10.3. The van der Waals surface area contributed by atoms with Gasteiger partial charge in [0.05, 0.1) is 25.1 Å². The van der Waals surface area contributed by atoms with Crippen molar-refractivity contribution in [1.82, 2.24) is 24.6 Å². The van der Waals surface area contributed by atoms with Gasteiger partial charge < -0.3 is 33.8 Å². The minimum Gasteiger partial charge on any atom is -0.462 e. The molecule has 1 aliphatic rings. The summed E-state index contributed by atoms with van der Waals surface area (Å²) in [5, 5.41) is 3.15. The number of carbonyl (C=O) groups is 1. The maximum absolute atomic E-state index is 14.3. The van der Waals surface area contributed by atoms with E-state index in [4.69, 9.17) is 24.7 Å². The quantitative estimate of drug-likeness (QED) is 0.233. The normalized spacial score (nSPS) is 16.0. The number of nitrogens with zero attached hydrogens (tertiary/aromatic N) is 4. The van der Waals surface area contributed by atoms with Crippen molar-refractivity contribution in [2.75, 3.05) is 25.0 Å². The van der Waals surface area contributed by atoms with Crippen LogP contribution in [0, 0.1) is 5.92 Å². The first-order chi connectivity index (χ1) is 18.5. The molecule has 39 heavy (non-hydrogen) atoms. The Hall–Kier alpha value is -3.21. The molecule has 0 bridgehead atoms. The van der Waals surface area contributed by atoms with Gasteiger partial charge in [-0.1, -0.05) is 19.9 Å². The molecule has 1 aromatic carbocycles. The molecule has 0 spiro atoms. The van der Waals surface area contributed by atoms with E-state index in [0.29, 0.717) is 41.4 Å². The van der Waals surface area contributed by atoms with Gasteiger partial charge in [0.1, 0.15) is 24.2 Å². The number of aryl methyl sites for hydroxylation is 1. The summed E-state index contributed by atoms with van der Waals surface area (Å²) in [4.78, 5) is 25.4. The monoisotopic (exact) mass is 560 g/mol. The Bertz CT molecular complexity index is 1350. The molecule has 0 fully saturated rings. The molecule has 3 N–H and O–H groups in total. The number of hydrogen-bond donors (Lipinski definition) is 2. The summed E-state index contributed by atoms with van der Waals surface area (Å²) in [5.41, 5.74) is 7.96. The number of benzene rings is 1. The lowest BCUT2D eigenvalue weighted by Gasteiger charge is -2.29. The summed E-state index contributed by atoms with van der Waals surface area (Å²) in [5.74, 6) is 1.08. The maximum Gasteiger partial charge on any atom is 0.324 e. The summed E-state index contributed by atoms with van der Waals surface area (Å²) in [6, 6.07) is 4.91. The van der Waals surface area contributed by atoms with Crippen molar-refractivity contribution in [3.63, 3.8) is 0 Å². The van der Waals surface area contributed by atoms with Crippen LogP contribution < -0.4 is 20.3 Å². The Labute approximate surface area is 228 Å². The summed E-state index contributed by atoms with van der Waals surface area (Å²) in [6.45, 7) is 9.84. The van der Waals surface area contributed by atoms with Crippen LogP contribution in [0.4, 0.5) is 5.82 Å². The molecule has 13 heteroatoms. The first-order valence-corrected chi connectivity index (χ1v) is 15.1. The van der Waals surface area contributed by atoms with E-state index in [0.717, 1.165) is 5.56 Å². The van der Waals surface area contributed by atoms with Gasteiger partial charge in [-0.25, -0.2) is 15.0 Å². The molecule has 0 radical (unpaired) electrons. The van der Waals surface area contributed by atoms with Crippen molar-refractivity contribution in [3.05, 3.63) is 36.4 Å². The molecule has 212 valence electrons. The number of nitrogens with two attached hydrogens (primary N) is 1. The van der Waals surface area contributed by atoms with Crippen LogP contribution in [0.2, 0.25) is 0 Å². The number of fused-ring (bicyclic) bond motifs is 2. The third-order valence-corrected chi connectivity index (χ3v) is 8.56.